The van der Waals surface area contributed by atoms with E-state index in [2.05, 4.69) is 12.2 Å². The van der Waals surface area contributed by atoms with Gasteiger partial charge < -0.3 is 9.73 Å². The molecular formula is C15H18N2O3. The van der Waals surface area contributed by atoms with Gasteiger partial charge in [-0.3, -0.25) is 10.1 Å². The van der Waals surface area contributed by atoms with Crippen LogP contribution in [0.5, 0.6) is 0 Å². The second-order valence-electron chi connectivity index (χ2n) is 4.88. The van der Waals surface area contributed by atoms with Crippen molar-refractivity contribution in [2.75, 3.05) is 0 Å². The smallest absolute Gasteiger partial charge is 0.272 e. The Morgan fingerprint density at radius 1 is 1.35 bits per heavy atom. The van der Waals surface area contributed by atoms with Crippen molar-refractivity contribution in [3.05, 3.63) is 63.6 Å². The Labute approximate surface area is 117 Å². The summed E-state index contributed by atoms with van der Waals surface area (Å²) < 4.78 is 5.30. The van der Waals surface area contributed by atoms with E-state index in [1.54, 1.807) is 19.3 Å². The van der Waals surface area contributed by atoms with Crippen molar-refractivity contribution >= 4 is 5.69 Å². The number of furan rings is 1. The molecule has 1 atom stereocenters. The van der Waals surface area contributed by atoms with Crippen molar-refractivity contribution < 1.29 is 9.34 Å². The van der Waals surface area contributed by atoms with Crippen LogP contribution in [0.3, 0.4) is 0 Å². The van der Waals surface area contributed by atoms with Gasteiger partial charge in [0.1, 0.15) is 5.76 Å². The molecule has 0 fully saturated rings. The largest absolute Gasteiger partial charge is 0.469 e. The van der Waals surface area contributed by atoms with Crippen LogP contribution in [0.15, 0.2) is 41.0 Å². The molecule has 0 aliphatic rings. The SMILES string of the molecule is Cc1c(CNC(C)Cc2ccco2)cccc1[N+](=O)[O-]. The molecule has 1 aromatic carbocycles. The number of nitrogens with zero attached hydrogens (tertiary/aromatic N) is 1. The molecule has 1 N–H and O–H groups in total. The Morgan fingerprint density at radius 2 is 2.15 bits per heavy atom. The first-order valence-corrected chi connectivity index (χ1v) is 6.56. The molecule has 1 unspecified atom stereocenters. The van der Waals surface area contributed by atoms with Crippen LogP contribution >= 0.6 is 0 Å². The van der Waals surface area contributed by atoms with Crippen molar-refractivity contribution in [2.45, 2.75) is 32.9 Å². The zero-order valence-electron chi connectivity index (χ0n) is 11.6. The van der Waals surface area contributed by atoms with Gasteiger partial charge in [0.05, 0.1) is 11.2 Å². The molecule has 0 bridgehead atoms. The van der Waals surface area contributed by atoms with Gasteiger partial charge in [0.25, 0.3) is 5.69 Å². The van der Waals surface area contributed by atoms with Crippen molar-refractivity contribution in [3.63, 3.8) is 0 Å². The van der Waals surface area contributed by atoms with E-state index in [-0.39, 0.29) is 16.7 Å². The Bertz CT molecular complexity index is 579. The Kier molecular flexibility index (Phi) is 4.53. The highest BCUT2D eigenvalue weighted by Crippen LogP contribution is 2.21. The van der Waals surface area contributed by atoms with E-state index in [4.69, 9.17) is 4.42 Å². The van der Waals surface area contributed by atoms with Crippen molar-refractivity contribution in [1.29, 1.82) is 0 Å². The summed E-state index contributed by atoms with van der Waals surface area (Å²) in [6.45, 7) is 4.46. The summed E-state index contributed by atoms with van der Waals surface area (Å²) in [5.41, 5.74) is 1.84. The lowest BCUT2D eigenvalue weighted by atomic mass is 10.1. The molecule has 5 nitrogen and oxygen atoms in total. The first-order chi connectivity index (χ1) is 9.58. The van der Waals surface area contributed by atoms with Crippen LogP contribution in [0, 0.1) is 17.0 Å². The summed E-state index contributed by atoms with van der Waals surface area (Å²) in [6.07, 6.45) is 2.45. The van der Waals surface area contributed by atoms with Crippen molar-refractivity contribution in [1.82, 2.24) is 5.32 Å². The minimum absolute atomic E-state index is 0.169. The number of nitro benzene ring substituents is 1. The lowest BCUT2D eigenvalue weighted by molar-refractivity contribution is -0.385. The zero-order valence-corrected chi connectivity index (χ0v) is 11.6. The normalized spacial score (nSPS) is 12.3. The molecule has 106 valence electrons. The second kappa shape index (κ2) is 6.34. The third kappa shape index (κ3) is 3.45. The predicted octanol–water partition coefficient (Wildman–Crippen LogP) is 3.22. The summed E-state index contributed by atoms with van der Waals surface area (Å²) >= 11 is 0. The number of benzene rings is 1. The molecule has 1 heterocycles. The molecule has 2 aromatic rings. The van der Waals surface area contributed by atoms with Gasteiger partial charge in [-0.05, 0) is 31.5 Å². The Balaban J connectivity index is 1.97. The average Bonchev–Trinajstić information content (AvgIpc) is 2.90. The maximum Gasteiger partial charge on any atom is 0.272 e. The van der Waals surface area contributed by atoms with Gasteiger partial charge in [-0.2, -0.15) is 0 Å². The number of nitrogens with one attached hydrogen (secondary N) is 1. The molecule has 20 heavy (non-hydrogen) atoms. The van der Waals surface area contributed by atoms with Crippen LogP contribution in [-0.2, 0) is 13.0 Å². The molecule has 0 amide bonds. The highest BCUT2D eigenvalue weighted by Gasteiger charge is 2.13. The lowest BCUT2D eigenvalue weighted by Gasteiger charge is -2.13. The van der Waals surface area contributed by atoms with Gasteiger partial charge in [-0.15, -0.1) is 0 Å². The summed E-state index contributed by atoms with van der Waals surface area (Å²) in [6, 6.07) is 9.21. The van der Waals surface area contributed by atoms with Crippen LogP contribution in [0.2, 0.25) is 0 Å². The monoisotopic (exact) mass is 274 g/mol. The summed E-state index contributed by atoms with van der Waals surface area (Å²) in [7, 11) is 0. The standard InChI is InChI=1S/C15H18N2O3/c1-11(9-14-6-4-8-20-14)16-10-13-5-3-7-15(12(13)2)17(18)19/h3-8,11,16H,9-10H2,1-2H3. The van der Waals surface area contributed by atoms with Gasteiger partial charge >= 0.3 is 0 Å². The van der Waals surface area contributed by atoms with E-state index in [0.29, 0.717) is 6.54 Å². The fraction of sp³-hybridized carbons (Fsp3) is 0.333. The molecule has 0 saturated heterocycles. The van der Waals surface area contributed by atoms with Crippen LogP contribution in [-0.4, -0.2) is 11.0 Å². The van der Waals surface area contributed by atoms with Crippen molar-refractivity contribution in [3.8, 4) is 0 Å². The highest BCUT2D eigenvalue weighted by atomic mass is 16.6. The van der Waals surface area contributed by atoms with E-state index >= 15 is 0 Å². The van der Waals surface area contributed by atoms with Gasteiger partial charge in [0.2, 0.25) is 0 Å². The summed E-state index contributed by atoms with van der Waals surface area (Å²) in [4.78, 5) is 10.6. The van der Waals surface area contributed by atoms with Gasteiger partial charge in [-0.25, -0.2) is 0 Å². The maximum atomic E-state index is 10.9. The van der Waals surface area contributed by atoms with Crippen LogP contribution < -0.4 is 5.32 Å². The van der Waals surface area contributed by atoms with E-state index < -0.39 is 0 Å². The minimum Gasteiger partial charge on any atom is -0.469 e. The third-order valence-corrected chi connectivity index (χ3v) is 3.34. The molecule has 0 radical (unpaired) electrons. The van der Waals surface area contributed by atoms with Crippen LogP contribution in [0.4, 0.5) is 5.69 Å². The molecular weight excluding hydrogens is 256 g/mol. The molecule has 0 aliphatic heterocycles. The third-order valence-electron chi connectivity index (χ3n) is 3.34. The van der Waals surface area contributed by atoms with Gasteiger partial charge in [0.15, 0.2) is 0 Å². The van der Waals surface area contributed by atoms with Crippen LogP contribution in [0.1, 0.15) is 23.8 Å². The first-order valence-electron chi connectivity index (χ1n) is 6.56. The molecule has 5 heteroatoms. The maximum absolute atomic E-state index is 10.9. The van der Waals surface area contributed by atoms with Crippen molar-refractivity contribution in [2.24, 2.45) is 0 Å². The molecule has 0 aliphatic carbocycles. The topological polar surface area (TPSA) is 68.3 Å². The molecule has 0 saturated carbocycles. The number of nitro groups is 1. The number of rotatable bonds is 6. The highest BCUT2D eigenvalue weighted by molar-refractivity contribution is 5.44. The lowest BCUT2D eigenvalue weighted by Crippen LogP contribution is -2.27. The first kappa shape index (κ1) is 14.3. The zero-order chi connectivity index (χ0) is 14.5. The van der Waals surface area contributed by atoms with Gasteiger partial charge in [-0.1, -0.05) is 12.1 Å². The van der Waals surface area contributed by atoms with Crippen LogP contribution in [0.25, 0.3) is 0 Å². The molecule has 2 rings (SSSR count). The second-order valence-corrected chi connectivity index (χ2v) is 4.88. The Morgan fingerprint density at radius 3 is 2.80 bits per heavy atom. The predicted molar refractivity (Wildman–Crippen MR) is 76.5 cm³/mol. The van der Waals surface area contributed by atoms with Gasteiger partial charge in [0, 0.05) is 30.6 Å². The fourth-order valence-electron chi connectivity index (χ4n) is 2.15. The molecule has 1 aromatic heterocycles. The van der Waals surface area contributed by atoms with E-state index in [9.17, 15) is 10.1 Å². The number of hydrogen-bond acceptors (Lipinski definition) is 4. The van der Waals surface area contributed by atoms with E-state index in [0.717, 1.165) is 23.3 Å². The minimum atomic E-state index is -0.342. The van der Waals surface area contributed by atoms with E-state index in [1.165, 1.54) is 6.07 Å². The number of hydrogen-bond donors (Lipinski definition) is 1. The summed E-state index contributed by atoms with van der Waals surface area (Å²) in [5.74, 6) is 0.931. The molecule has 0 spiro atoms. The average molecular weight is 274 g/mol. The summed E-state index contributed by atoms with van der Waals surface area (Å²) in [5, 5.41) is 14.3. The fourth-order valence-corrected chi connectivity index (χ4v) is 2.15. The Hall–Kier alpha value is -2.14. The quantitative estimate of drug-likeness (QED) is 0.648. The van der Waals surface area contributed by atoms with E-state index in [1.807, 2.05) is 18.2 Å².